The Morgan fingerprint density at radius 1 is 1.12 bits per heavy atom. The van der Waals surface area contributed by atoms with Crippen molar-refractivity contribution in [3.05, 3.63) is 12.1 Å². The van der Waals surface area contributed by atoms with E-state index >= 15 is 0 Å². The maximum absolute atomic E-state index is 12.4. The molecular formula is C17H20ClN3O5. The van der Waals surface area contributed by atoms with Crippen LogP contribution in [0, 0.1) is 11.8 Å². The topological polar surface area (TPSA) is 111 Å². The molecule has 8 nitrogen and oxygen atoms in total. The molecule has 2 unspecified atom stereocenters. The van der Waals surface area contributed by atoms with Crippen LogP contribution in [0.15, 0.2) is 12.1 Å². The van der Waals surface area contributed by atoms with Crippen LogP contribution in [0.25, 0.3) is 0 Å². The molecule has 1 saturated heterocycles. The number of fused-ring (bicyclic) bond motifs is 2. The van der Waals surface area contributed by atoms with Crippen LogP contribution in [-0.4, -0.2) is 36.0 Å². The number of carbonyl (C=O) groups excluding carboxylic acids is 3. The molecule has 9 heteroatoms. The Bertz CT molecular complexity index is 745. The predicted molar refractivity (Wildman–Crippen MR) is 95.0 cm³/mol. The molecule has 0 aromatic heterocycles. The monoisotopic (exact) mass is 381 g/mol. The summed E-state index contributed by atoms with van der Waals surface area (Å²) in [6, 6.07) is 3.14. The second kappa shape index (κ2) is 7.03. The standard InChI is InChI=1S/C17H19N3O5.ClH/c18-11-5-13-14(25-8-24-13)6-12(11)19-15(21)7-20-16(22)9-3-1-2-4-10(9)17(20)23;/h5-6,9-10H,1-4,7-8,18H2,(H,19,21);1H. The number of nitrogens with zero attached hydrogens (tertiary/aromatic N) is 1. The Morgan fingerprint density at radius 2 is 1.69 bits per heavy atom. The Morgan fingerprint density at radius 3 is 2.31 bits per heavy atom. The molecule has 2 atom stereocenters. The van der Waals surface area contributed by atoms with Crippen molar-refractivity contribution in [3.8, 4) is 11.5 Å². The van der Waals surface area contributed by atoms with Gasteiger partial charge < -0.3 is 20.5 Å². The summed E-state index contributed by atoms with van der Waals surface area (Å²) >= 11 is 0. The molecule has 2 aliphatic heterocycles. The molecule has 1 saturated carbocycles. The highest BCUT2D eigenvalue weighted by atomic mass is 35.5. The Labute approximate surface area is 156 Å². The first kappa shape index (κ1) is 18.3. The largest absolute Gasteiger partial charge is 0.454 e. The number of hydrogen-bond acceptors (Lipinski definition) is 6. The van der Waals surface area contributed by atoms with Crippen molar-refractivity contribution in [3.63, 3.8) is 0 Å². The fourth-order valence-electron chi connectivity index (χ4n) is 3.79. The number of imide groups is 1. The highest BCUT2D eigenvalue weighted by molar-refractivity contribution is 6.09. The van der Waals surface area contributed by atoms with Crippen molar-refractivity contribution in [2.45, 2.75) is 25.7 Å². The average Bonchev–Trinajstić information content (AvgIpc) is 3.14. The summed E-state index contributed by atoms with van der Waals surface area (Å²) in [5.41, 5.74) is 6.59. The number of amides is 3. The van der Waals surface area contributed by atoms with Crippen molar-refractivity contribution in [1.29, 1.82) is 0 Å². The average molecular weight is 382 g/mol. The quantitative estimate of drug-likeness (QED) is 0.606. The maximum Gasteiger partial charge on any atom is 0.244 e. The van der Waals surface area contributed by atoms with Crippen LogP contribution in [0.1, 0.15) is 25.7 Å². The van der Waals surface area contributed by atoms with E-state index < -0.39 is 5.91 Å². The smallest absolute Gasteiger partial charge is 0.244 e. The zero-order valence-corrected chi connectivity index (χ0v) is 14.8. The Kier molecular flexibility index (Phi) is 4.95. The van der Waals surface area contributed by atoms with Gasteiger partial charge in [0.2, 0.25) is 24.5 Å². The zero-order valence-electron chi connectivity index (χ0n) is 14.0. The lowest BCUT2D eigenvalue weighted by atomic mass is 9.81. The first-order chi connectivity index (χ1) is 12.0. The number of ether oxygens (including phenoxy) is 2. The Hall–Kier alpha value is -2.48. The van der Waals surface area contributed by atoms with E-state index in [1.54, 1.807) is 12.1 Å². The number of benzene rings is 1. The molecule has 2 fully saturated rings. The van der Waals surface area contributed by atoms with Crippen LogP contribution in [0.4, 0.5) is 11.4 Å². The zero-order chi connectivity index (χ0) is 17.6. The van der Waals surface area contributed by atoms with E-state index in [1.807, 2.05) is 0 Å². The van der Waals surface area contributed by atoms with Gasteiger partial charge in [-0.05, 0) is 12.8 Å². The number of nitrogen functional groups attached to an aromatic ring is 1. The second-order valence-electron chi connectivity index (χ2n) is 6.60. The Balaban J connectivity index is 0.00000196. The summed E-state index contributed by atoms with van der Waals surface area (Å²) in [6.45, 7) is -0.190. The normalized spacial score (nSPS) is 23.5. The molecule has 26 heavy (non-hydrogen) atoms. The van der Waals surface area contributed by atoms with Crippen molar-refractivity contribution in [1.82, 2.24) is 4.90 Å². The molecule has 1 aromatic carbocycles. The predicted octanol–water partition coefficient (Wildman–Crippen LogP) is 1.53. The van der Waals surface area contributed by atoms with Crippen molar-refractivity contribution < 1.29 is 23.9 Å². The van der Waals surface area contributed by atoms with Gasteiger partial charge in [0.05, 0.1) is 23.2 Å². The fraction of sp³-hybridized carbons (Fsp3) is 0.471. The van der Waals surface area contributed by atoms with Gasteiger partial charge in [-0.25, -0.2) is 0 Å². The van der Waals surface area contributed by atoms with Gasteiger partial charge in [-0.15, -0.1) is 12.4 Å². The third-order valence-electron chi connectivity index (χ3n) is 5.05. The van der Waals surface area contributed by atoms with Crippen molar-refractivity contribution in [2.75, 3.05) is 24.4 Å². The first-order valence-electron chi connectivity index (χ1n) is 8.39. The van der Waals surface area contributed by atoms with Crippen LogP contribution in [0.2, 0.25) is 0 Å². The minimum Gasteiger partial charge on any atom is -0.454 e. The van der Waals surface area contributed by atoms with Crippen molar-refractivity contribution >= 4 is 41.5 Å². The van der Waals surface area contributed by atoms with E-state index in [0.29, 0.717) is 22.9 Å². The van der Waals surface area contributed by atoms with E-state index in [4.69, 9.17) is 15.2 Å². The number of rotatable bonds is 3. The summed E-state index contributed by atoms with van der Waals surface area (Å²) in [6.07, 6.45) is 3.35. The molecule has 2 heterocycles. The first-order valence-corrected chi connectivity index (χ1v) is 8.39. The van der Waals surface area contributed by atoms with Crippen LogP contribution in [0.3, 0.4) is 0 Å². The third-order valence-corrected chi connectivity index (χ3v) is 5.05. The molecule has 0 radical (unpaired) electrons. The minimum absolute atomic E-state index is 0. The van der Waals surface area contributed by atoms with E-state index in [9.17, 15) is 14.4 Å². The molecule has 1 aromatic rings. The molecule has 1 aliphatic carbocycles. The fourth-order valence-corrected chi connectivity index (χ4v) is 3.79. The SMILES string of the molecule is Cl.Nc1cc2c(cc1NC(=O)CN1C(=O)C3CCCCC3C1=O)OCO2. The second-order valence-corrected chi connectivity index (χ2v) is 6.60. The van der Waals surface area contributed by atoms with Gasteiger partial charge in [-0.3, -0.25) is 19.3 Å². The molecule has 3 amide bonds. The van der Waals surface area contributed by atoms with Gasteiger partial charge >= 0.3 is 0 Å². The molecular weight excluding hydrogens is 362 g/mol. The van der Waals surface area contributed by atoms with Gasteiger partial charge in [0.15, 0.2) is 11.5 Å². The van der Waals surface area contributed by atoms with Crippen LogP contribution in [0.5, 0.6) is 11.5 Å². The number of anilines is 2. The van der Waals surface area contributed by atoms with Crippen LogP contribution in [-0.2, 0) is 14.4 Å². The molecule has 3 aliphatic rings. The van der Waals surface area contributed by atoms with E-state index in [2.05, 4.69) is 5.32 Å². The molecule has 140 valence electrons. The highest BCUT2D eigenvalue weighted by Crippen LogP contribution is 2.39. The lowest BCUT2D eigenvalue weighted by molar-refractivity contribution is -0.142. The van der Waals surface area contributed by atoms with Crippen molar-refractivity contribution in [2.24, 2.45) is 11.8 Å². The molecule has 0 bridgehead atoms. The summed E-state index contributed by atoms with van der Waals surface area (Å²) in [7, 11) is 0. The molecule has 4 rings (SSSR count). The summed E-state index contributed by atoms with van der Waals surface area (Å²) < 4.78 is 10.5. The summed E-state index contributed by atoms with van der Waals surface area (Å²) in [4.78, 5) is 38.3. The number of nitrogens with one attached hydrogen (secondary N) is 1. The van der Waals surface area contributed by atoms with Gasteiger partial charge in [0.1, 0.15) is 6.54 Å². The maximum atomic E-state index is 12.4. The lowest BCUT2D eigenvalue weighted by Gasteiger charge is -2.19. The number of carbonyl (C=O) groups is 3. The number of likely N-dealkylation sites (tertiary alicyclic amines) is 1. The van der Waals surface area contributed by atoms with Crippen LogP contribution >= 0.6 is 12.4 Å². The number of nitrogens with two attached hydrogens (primary N) is 1. The van der Waals surface area contributed by atoms with Gasteiger partial charge in [0, 0.05) is 12.1 Å². The van der Waals surface area contributed by atoms with Crippen LogP contribution < -0.4 is 20.5 Å². The number of halogens is 1. The van der Waals surface area contributed by atoms with E-state index in [1.165, 1.54) is 0 Å². The van der Waals surface area contributed by atoms with Gasteiger partial charge in [0.25, 0.3) is 0 Å². The molecule has 0 spiro atoms. The lowest BCUT2D eigenvalue weighted by Crippen LogP contribution is -2.38. The minimum atomic E-state index is -0.467. The molecule has 3 N–H and O–H groups in total. The highest BCUT2D eigenvalue weighted by Gasteiger charge is 2.48. The van der Waals surface area contributed by atoms with Gasteiger partial charge in [-0.2, -0.15) is 0 Å². The van der Waals surface area contributed by atoms with E-state index in [-0.39, 0.29) is 49.4 Å². The van der Waals surface area contributed by atoms with Gasteiger partial charge in [-0.1, -0.05) is 12.8 Å². The van der Waals surface area contributed by atoms with E-state index in [0.717, 1.165) is 30.6 Å². The summed E-state index contributed by atoms with van der Waals surface area (Å²) in [5.74, 6) is -0.444. The third kappa shape index (κ3) is 3.05. The summed E-state index contributed by atoms with van der Waals surface area (Å²) in [5, 5.41) is 2.64. The number of hydrogen-bond donors (Lipinski definition) is 2.